The van der Waals surface area contributed by atoms with Gasteiger partial charge in [0.05, 0.1) is 12.1 Å². The fraction of sp³-hybridized carbons (Fsp3) is 0.500. The van der Waals surface area contributed by atoms with E-state index in [1.165, 1.54) is 6.07 Å². The van der Waals surface area contributed by atoms with Crippen molar-refractivity contribution in [1.29, 1.82) is 0 Å². The van der Waals surface area contributed by atoms with E-state index in [9.17, 15) is 4.39 Å². The molecule has 0 saturated carbocycles. The minimum absolute atomic E-state index is 0.149. The minimum Gasteiger partial charge on any atom is -0.496 e. The van der Waals surface area contributed by atoms with Gasteiger partial charge in [0.15, 0.2) is 0 Å². The lowest BCUT2D eigenvalue weighted by Crippen LogP contribution is -2.42. The van der Waals surface area contributed by atoms with Crippen LogP contribution in [-0.2, 0) is 6.54 Å². The van der Waals surface area contributed by atoms with Crippen LogP contribution in [-0.4, -0.2) is 38.2 Å². The molecule has 0 atom stereocenters. The Morgan fingerprint density at radius 2 is 2.12 bits per heavy atom. The highest BCUT2D eigenvalue weighted by atomic mass is 35.5. The number of methoxy groups -OCH3 is 1. The van der Waals surface area contributed by atoms with Crippen LogP contribution in [0.4, 0.5) is 4.39 Å². The zero-order chi connectivity index (χ0) is 12.3. The minimum atomic E-state index is -0.437. The first kappa shape index (κ1) is 12.6. The molecule has 0 unspecified atom stereocenters. The van der Waals surface area contributed by atoms with Gasteiger partial charge in [0.25, 0.3) is 0 Å². The van der Waals surface area contributed by atoms with Crippen molar-refractivity contribution in [3.05, 3.63) is 28.5 Å². The number of rotatable bonds is 3. The van der Waals surface area contributed by atoms with E-state index in [0.717, 1.165) is 38.3 Å². The van der Waals surface area contributed by atoms with Gasteiger partial charge in [0.1, 0.15) is 11.6 Å². The van der Waals surface area contributed by atoms with Crippen LogP contribution in [0.5, 0.6) is 5.75 Å². The molecule has 2 rings (SSSR count). The fourth-order valence-corrected chi connectivity index (χ4v) is 2.18. The molecule has 1 N–H and O–H groups in total. The second kappa shape index (κ2) is 5.67. The highest BCUT2D eigenvalue weighted by Gasteiger charge is 2.14. The molecule has 1 aromatic rings. The van der Waals surface area contributed by atoms with Crippen molar-refractivity contribution in [2.45, 2.75) is 6.54 Å². The molecule has 94 valence electrons. The maximum Gasteiger partial charge on any atom is 0.145 e. The third kappa shape index (κ3) is 3.09. The molecule has 1 fully saturated rings. The first-order valence-electron chi connectivity index (χ1n) is 5.65. The van der Waals surface area contributed by atoms with Gasteiger partial charge in [0.2, 0.25) is 0 Å². The van der Waals surface area contributed by atoms with Crippen molar-refractivity contribution < 1.29 is 9.13 Å². The number of nitrogens with one attached hydrogen (secondary N) is 1. The number of halogens is 2. The Labute approximate surface area is 106 Å². The predicted octanol–water partition coefficient (Wildman–Crippen LogP) is 1.89. The summed E-state index contributed by atoms with van der Waals surface area (Å²) in [4.78, 5) is 2.29. The lowest BCUT2D eigenvalue weighted by molar-refractivity contribution is 0.230. The summed E-state index contributed by atoms with van der Waals surface area (Å²) in [6.45, 7) is 4.68. The molecular formula is C12H16ClFN2O. The summed E-state index contributed by atoms with van der Waals surface area (Å²) in [5, 5.41) is 3.44. The lowest BCUT2D eigenvalue weighted by atomic mass is 10.1. The molecular weight excluding hydrogens is 243 g/mol. The van der Waals surface area contributed by atoms with E-state index >= 15 is 0 Å². The van der Waals surface area contributed by atoms with E-state index in [2.05, 4.69) is 10.2 Å². The molecule has 1 aromatic carbocycles. The number of benzene rings is 1. The Morgan fingerprint density at radius 1 is 1.41 bits per heavy atom. The summed E-state index contributed by atoms with van der Waals surface area (Å²) in [5.74, 6) is 0.123. The molecule has 0 amide bonds. The van der Waals surface area contributed by atoms with Crippen molar-refractivity contribution in [1.82, 2.24) is 10.2 Å². The van der Waals surface area contributed by atoms with Crippen LogP contribution in [0.1, 0.15) is 5.56 Å². The molecule has 0 aromatic heterocycles. The highest BCUT2D eigenvalue weighted by molar-refractivity contribution is 6.30. The molecule has 0 spiro atoms. The largest absolute Gasteiger partial charge is 0.496 e. The second-order valence-corrected chi connectivity index (χ2v) is 4.51. The Kier molecular flexibility index (Phi) is 4.20. The first-order valence-corrected chi connectivity index (χ1v) is 6.03. The molecule has 5 heteroatoms. The van der Waals surface area contributed by atoms with Gasteiger partial charge in [0, 0.05) is 44.4 Å². The molecule has 0 radical (unpaired) electrons. The molecule has 1 saturated heterocycles. The van der Waals surface area contributed by atoms with E-state index in [1.807, 2.05) is 0 Å². The normalized spacial score (nSPS) is 17.1. The molecule has 17 heavy (non-hydrogen) atoms. The van der Waals surface area contributed by atoms with Gasteiger partial charge >= 0.3 is 0 Å². The van der Waals surface area contributed by atoms with Gasteiger partial charge < -0.3 is 10.1 Å². The number of ether oxygens (including phenoxy) is 1. The highest BCUT2D eigenvalue weighted by Crippen LogP contribution is 2.27. The van der Waals surface area contributed by atoms with Crippen LogP contribution in [0, 0.1) is 5.82 Å². The monoisotopic (exact) mass is 258 g/mol. The van der Waals surface area contributed by atoms with E-state index < -0.39 is 5.82 Å². The Bertz CT molecular complexity index is 394. The maximum atomic E-state index is 13.3. The van der Waals surface area contributed by atoms with Crippen LogP contribution in [0.25, 0.3) is 0 Å². The number of piperazine rings is 1. The second-order valence-electron chi connectivity index (χ2n) is 4.10. The molecule has 1 aliphatic rings. The summed E-state index contributed by atoms with van der Waals surface area (Å²) in [6.07, 6.45) is 0. The number of hydrogen-bond donors (Lipinski definition) is 1. The predicted molar refractivity (Wildman–Crippen MR) is 66.1 cm³/mol. The van der Waals surface area contributed by atoms with Crippen molar-refractivity contribution in [2.75, 3.05) is 33.3 Å². The van der Waals surface area contributed by atoms with Gasteiger partial charge in [-0.3, -0.25) is 4.90 Å². The zero-order valence-corrected chi connectivity index (χ0v) is 10.6. The Morgan fingerprint density at radius 3 is 2.76 bits per heavy atom. The SMILES string of the molecule is COc1cc(F)c(Cl)cc1CN1CCNCC1. The van der Waals surface area contributed by atoms with Crippen LogP contribution in [0.15, 0.2) is 12.1 Å². The molecule has 0 bridgehead atoms. The number of hydrogen-bond acceptors (Lipinski definition) is 3. The summed E-state index contributed by atoms with van der Waals surface area (Å²) in [5.41, 5.74) is 0.931. The standard InChI is InChI=1S/C12H16ClFN2O/c1-17-12-7-11(14)10(13)6-9(12)8-16-4-2-15-3-5-16/h6-7,15H,2-5,8H2,1H3. The zero-order valence-electron chi connectivity index (χ0n) is 9.80. The first-order chi connectivity index (χ1) is 8.20. The topological polar surface area (TPSA) is 24.5 Å². The van der Waals surface area contributed by atoms with Crippen LogP contribution >= 0.6 is 11.6 Å². The van der Waals surface area contributed by atoms with Gasteiger partial charge in [-0.25, -0.2) is 4.39 Å². The molecule has 3 nitrogen and oxygen atoms in total. The van der Waals surface area contributed by atoms with Crippen LogP contribution in [0.2, 0.25) is 5.02 Å². The van der Waals surface area contributed by atoms with E-state index in [1.54, 1.807) is 13.2 Å². The smallest absolute Gasteiger partial charge is 0.145 e. The molecule has 0 aliphatic carbocycles. The van der Waals surface area contributed by atoms with Gasteiger partial charge in [-0.05, 0) is 6.07 Å². The van der Waals surface area contributed by atoms with Crippen LogP contribution in [0.3, 0.4) is 0 Å². The maximum absolute atomic E-state index is 13.3. The third-order valence-corrected chi connectivity index (χ3v) is 3.22. The van der Waals surface area contributed by atoms with Crippen LogP contribution < -0.4 is 10.1 Å². The fourth-order valence-electron chi connectivity index (χ4n) is 1.99. The summed E-state index contributed by atoms with van der Waals surface area (Å²) >= 11 is 5.80. The average Bonchev–Trinajstić information content (AvgIpc) is 2.35. The summed E-state index contributed by atoms with van der Waals surface area (Å²) < 4.78 is 18.5. The third-order valence-electron chi connectivity index (χ3n) is 2.93. The van der Waals surface area contributed by atoms with E-state index in [4.69, 9.17) is 16.3 Å². The van der Waals surface area contributed by atoms with Crippen molar-refractivity contribution in [2.24, 2.45) is 0 Å². The lowest BCUT2D eigenvalue weighted by Gasteiger charge is -2.27. The van der Waals surface area contributed by atoms with Crippen molar-refractivity contribution >= 4 is 11.6 Å². The quantitative estimate of drug-likeness (QED) is 0.896. The van der Waals surface area contributed by atoms with Gasteiger partial charge in [-0.1, -0.05) is 11.6 Å². The summed E-state index contributed by atoms with van der Waals surface area (Å²) in [6, 6.07) is 3.00. The number of nitrogens with zero attached hydrogens (tertiary/aromatic N) is 1. The Balaban J connectivity index is 2.15. The van der Waals surface area contributed by atoms with Crippen molar-refractivity contribution in [3.63, 3.8) is 0 Å². The van der Waals surface area contributed by atoms with E-state index in [0.29, 0.717) is 5.75 Å². The van der Waals surface area contributed by atoms with Gasteiger partial charge in [-0.15, -0.1) is 0 Å². The average molecular weight is 259 g/mol. The summed E-state index contributed by atoms with van der Waals surface area (Å²) in [7, 11) is 1.55. The van der Waals surface area contributed by atoms with Gasteiger partial charge in [-0.2, -0.15) is 0 Å². The molecule has 1 aliphatic heterocycles. The molecule has 1 heterocycles. The van der Waals surface area contributed by atoms with Crippen molar-refractivity contribution in [3.8, 4) is 5.75 Å². The Hall–Kier alpha value is -0.840. The van der Waals surface area contributed by atoms with E-state index in [-0.39, 0.29) is 5.02 Å².